The summed E-state index contributed by atoms with van der Waals surface area (Å²) in [6.07, 6.45) is 2.46. The van der Waals surface area contributed by atoms with Gasteiger partial charge in [-0.1, -0.05) is 97.0 Å². The molecule has 0 N–H and O–H groups in total. The fourth-order valence-electron chi connectivity index (χ4n) is 7.67. The maximum absolute atomic E-state index is 2.59. The fourth-order valence-corrected chi connectivity index (χ4v) is 12.0. The molecule has 0 radical (unpaired) electrons. The lowest BCUT2D eigenvalue weighted by molar-refractivity contribution is 0.903. The monoisotopic (exact) mass is 469 g/mol. The molecule has 0 fully saturated rings. The Hall–Kier alpha value is -3.36. The van der Waals surface area contributed by atoms with Gasteiger partial charge >= 0.3 is 0 Å². The number of hydrogen-bond donors (Lipinski definition) is 0. The van der Waals surface area contributed by atoms with Gasteiger partial charge in [-0.2, -0.15) is 0 Å². The summed E-state index contributed by atoms with van der Waals surface area (Å²) in [5.74, 6) is 0.324. The molecule has 2 atom stereocenters. The Morgan fingerprint density at radius 3 is 2.11 bits per heavy atom. The van der Waals surface area contributed by atoms with Gasteiger partial charge in [-0.25, -0.2) is 0 Å². The van der Waals surface area contributed by atoms with Crippen LogP contribution in [0.3, 0.4) is 0 Å². The fraction of sp³-hybridized carbons (Fsp3) is 0.212. The van der Waals surface area contributed by atoms with E-state index in [0.717, 1.165) is 0 Å². The van der Waals surface area contributed by atoms with E-state index in [1.165, 1.54) is 44.9 Å². The Balaban J connectivity index is 1.49. The molecule has 1 aromatic heterocycles. The Morgan fingerprint density at radius 2 is 1.43 bits per heavy atom. The molecular weight excluding hydrogens is 438 g/mol. The van der Waals surface area contributed by atoms with Crippen LogP contribution in [-0.4, -0.2) is 12.6 Å². The molecule has 3 heterocycles. The van der Waals surface area contributed by atoms with Gasteiger partial charge in [-0.05, 0) is 71.5 Å². The first kappa shape index (κ1) is 21.0. The van der Waals surface area contributed by atoms with Crippen LogP contribution in [0, 0.1) is 6.92 Å². The van der Waals surface area contributed by atoms with E-state index in [-0.39, 0.29) is 0 Å². The average molecular weight is 470 g/mol. The lowest BCUT2D eigenvalue weighted by Crippen LogP contribution is -2.42. The highest BCUT2D eigenvalue weighted by atomic mass is 28.3. The van der Waals surface area contributed by atoms with Crippen LogP contribution in [-0.2, 0) is 0 Å². The zero-order valence-electron chi connectivity index (χ0n) is 21.2. The van der Waals surface area contributed by atoms with Crippen LogP contribution in [0.5, 0.6) is 0 Å². The predicted molar refractivity (Wildman–Crippen MR) is 151 cm³/mol. The van der Waals surface area contributed by atoms with E-state index in [9.17, 15) is 0 Å². The van der Waals surface area contributed by atoms with Crippen molar-refractivity contribution in [2.45, 2.75) is 45.3 Å². The third kappa shape index (κ3) is 2.58. The molecule has 0 saturated carbocycles. The quantitative estimate of drug-likeness (QED) is 0.265. The summed E-state index contributed by atoms with van der Waals surface area (Å²) in [5.41, 5.74) is 16.7. The molecule has 2 aliphatic carbocycles. The second-order valence-electron chi connectivity index (χ2n) is 11.1. The maximum atomic E-state index is 2.59. The van der Waals surface area contributed by atoms with Gasteiger partial charge in [0.25, 0.3) is 0 Å². The van der Waals surface area contributed by atoms with Gasteiger partial charge in [0.15, 0.2) is 0 Å². The van der Waals surface area contributed by atoms with Gasteiger partial charge in [0, 0.05) is 28.5 Å². The molecule has 1 nitrogen and oxygen atoms in total. The number of nitrogens with zero attached hydrogens (tertiary/aromatic N) is 1. The topological polar surface area (TPSA) is 4.93 Å². The second-order valence-corrected chi connectivity index (χ2v) is 15.7. The molecule has 4 aromatic rings. The van der Waals surface area contributed by atoms with Crippen LogP contribution in [0.1, 0.15) is 58.9 Å². The highest BCUT2D eigenvalue weighted by molar-refractivity contribution is 7.01. The summed E-state index contributed by atoms with van der Waals surface area (Å²) in [7, 11) is -1.47. The Kier molecular flexibility index (Phi) is 4.24. The Labute approximate surface area is 209 Å². The molecule has 2 bridgehead atoms. The molecule has 0 saturated heterocycles. The molecule has 3 aromatic carbocycles. The molecule has 8 rings (SSSR count). The number of aromatic nitrogens is 1. The molecule has 2 heteroatoms. The summed E-state index contributed by atoms with van der Waals surface area (Å²) < 4.78 is 2.59. The average Bonchev–Trinajstić information content (AvgIpc) is 3.51. The summed E-state index contributed by atoms with van der Waals surface area (Å²) >= 11 is 0. The Bertz CT molecular complexity index is 1580. The minimum Gasteiger partial charge on any atom is -0.314 e. The molecule has 35 heavy (non-hydrogen) atoms. The van der Waals surface area contributed by atoms with Crippen LogP contribution in [0.25, 0.3) is 28.1 Å². The number of benzene rings is 3. The van der Waals surface area contributed by atoms with Crippen LogP contribution < -0.4 is 0 Å². The van der Waals surface area contributed by atoms with Crippen molar-refractivity contribution in [3.63, 3.8) is 0 Å². The van der Waals surface area contributed by atoms with Crippen molar-refractivity contribution < 1.29 is 0 Å². The van der Waals surface area contributed by atoms with E-state index < -0.39 is 8.07 Å². The van der Waals surface area contributed by atoms with Crippen molar-refractivity contribution >= 4 is 19.3 Å². The summed E-state index contributed by atoms with van der Waals surface area (Å²) in [6, 6.07) is 28.8. The molecule has 0 spiro atoms. The zero-order chi connectivity index (χ0) is 24.1. The highest BCUT2D eigenvalue weighted by Gasteiger charge is 2.58. The van der Waals surface area contributed by atoms with Gasteiger partial charge in [-0.3, -0.25) is 0 Å². The first-order valence-electron chi connectivity index (χ1n) is 12.8. The van der Waals surface area contributed by atoms with Crippen LogP contribution >= 0.6 is 0 Å². The van der Waals surface area contributed by atoms with E-state index in [2.05, 4.69) is 123 Å². The maximum Gasteiger partial charge on any atom is 0.0950 e. The van der Waals surface area contributed by atoms with Crippen molar-refractivity contribution in [1.29, 1.82) is 0 Å². The van der Waals surface area contributed by atoms with Crippen molar-refractivity contribution in [3.05, 3.63) is 124 Å². The predicted octanol–water partition coefficient (Wildman–Crippen LogP) is 8.67. The first-order chi connectivity index (χ1) is 16.9. The van der Waals surface area contributed by atoms with Crippen molar-refractivity contribution in [2.24, 2.45) is 0 Å². The number of fused-ring (bicyclic) bond motifs is 1. The number of hydrogen-bond acceptors (Lipinski definition) is 0. The van der Waals surface area contributed by atoms with Gasteiger partial charge < -0.3 is 4.57 Å². The first-order valence-corrected chi connectivity index (χ1v) is 15.9. The zero-order valence-corrected chi connectivity index (χ0v) is 22.2. The SMILES string of the molecule is CC1=Cc2c(-c3ccccc3)cccc2C1c1c2c(n(-c3ccccc3)c1C)C1=C(C)C2[Si]1(C)C. The molecule has 172 valence electrons. The van der Waals surface area contributed by atoms with Crippen LogP contribution in [0.4, 0.5) is 0 Å². The summed E-state index contributed by atoms with van der Waals surface area (Å²) in [5, 5.41) is 1.70. The standard InChI is InChI=1S/C33H31NSi/c1-20-19-27-25(23-13-8-6-9-14-23)17-12-18-26(27)28(20)29-22(3)34(24-15-10-7-11-16-24)31-30(29)32-21(2)33(31)35(32,4)5/h6-19,28,32H,1-5H3. The summed E-state index contributed by atoms with van der Waals surface area (Å²) in [6.45, 7) is 12.2. The van der Waals surface area contributed by atoms with Gasteiger partial charge in [0.05, 0.1) is 8.07 Å². The van der Waals surface area contributed by atoms with E-state index in [1.54, 1.807) is 21.9 Å². The lowest BCUT2D eigenvalue weighted by Gasteiger charge is -2.40. The van der Waals surface area contributed by atoms with Gasteiger partial charge in [-0.15, -0.1) is 0 Å². The van der Waals surface area contributed by atoms with Crippen LogP contribution in [0.15, 0.2) is 90.0 Å². The van der Waals surface area contributed by atoms with Gasteiger partial charge in [0.1, 0.15) is 0 Å². The third-order valence-corrected chi connectivity index (χ3v) is 13.0. The van der Waals surface area contributed by atoms with E-state index in [4.69, 9.17) is 0 Å². The molecule has 2 aliphatic heterocycles. The number of rotatable bonds is 3. The Morgan fingerprint density at radius 1 is 0.743 bits per heavy atom. The van der Waals surface area contributed by atoms with E-state index >= 15 is 0 Å². The molecule has 0 amide bonds. The number of allylic oxidation sites excluding steroid dienone is 2. The normalized spacial score (nSPS) is 21.0. The highest BCUT2D eigenvalue weighted by Crippen LogP contribution is 2.65. The minimum atomic E-state index is -1.47. The second kappa shape index (κ2) is 7.08. The number of para-hydroxylation sites is 1. The van der Waals surface area contributed by atoms with Gasteiger partial charge in [0.2, 0.25) is 0 Å². The van der Waals surface area contributed by atoms with E-state index in [0.29, 0.717) is 11.5 Å². The van der Waals surface area contributed by atoms with Crippen LogP contribution in [0.2, 0.25) is 13.1 Å². The van der Waals surface area contributed by atoms with Crippen molar-refractivity contribution in [1.82, 2.24) is 4.57 Å². The van der Waals surface area contributed by atoms with E-state index in [1.807, 2.05) is 0 Å². The lowest BCUT2D eigenvalue weighted by atomic mass is 9.84. The van der Waals surface area contributed by atoms with Crippen molar-refractivity contribution in [2.75, 3.05) is 0 Å². The summed E-state index contributed by atoms with van der Waals surface area (Å²) in [4.78, 5) is 0. The van der Waals surface area contributed by atoms with Crippen molar-refractivity contribution in [3.8, 4) is 16.8 Å². The minimum absolute atomic E-state index is 0.324. The largest absolute Gasteiger partial charge is 0.314 e. The molecular formula is C33H31NSi. The molecule has 2 unspecified atom stereocenters. The third-order valence-electron chi connectivity index (χ3n) is 8.88. The molecule has 4 aliphatic rings. The smallest absolute Gasteiger partial charge is 0.0950 e.